The van der Waals surface area contributed by atoms with Crippen molar-refractivity contribution in [1.82, 2.24) is 9.80 Å². The largest absolute Gasteiger partial charge is 0.454 e. The van der Waals surface area contributed by atoms with E-state index >= 15 is 0 Å². The van der Waals surface area contributed by atoms with Crippen LogP contribution in [0.15, 0.2) is 18.2 Å². The highest BCUT2D eigenvalue weighted by molar-refractivity contribution is 9.10. The van der Waals surface area contributed by atoms with Gasteiger partial charge in [-0.15, -0.1) is 0 Å². The van der Waals surface area contributed by atoms with Gasteiger partial charge >= 0.3 is 0 Å². The highest BCUT2D eigenvalue weighted by Gasteiger charge is 2.73. The molecule has 1 spiro atoms. The summed E-state index contributed by atoms with van der Waals surface area (Å²) in [4.78, 5) is 28.8. The second kappa shape index (κ2) is 6.15. The number of carbonyl (C=O) groups is 2. The van der Waals surface area contributed by atoms with E-state index in [0.29, 0.717) is 18.0 Å². The van der Waals surface area contributed by atoms with Crippen molar-refractivity contribution >= 4 is 43.2 Å². The number of nitriles is 1. The second-order valence-electron chi connectivity index (χ2n) is 7.95. The highest BCUT2D eigenvalue weighted by atomic mass is 33.5. The predicted molar refractivity (Wildman–Crippen MR) is 112 cm³/mol. The lowest BCUT2D eigenvalue weighted by Crippen LogP contribution is -2.70. The first-order valence-corrected chi connectivity index (χ1v) is 12.8. The quantitative estimate of drug-likeness (QED) is 0.634. The van der Waals surface area contributed by atoms with Crippen molar-refractivity contribution in [2.75, 3.05) is 13.3 Å². The van der Waals surface area contributed by atoms with Crippen LogP contribution in [0.3, 0.4) is 0 Å². The van der Waals surface area contributed by atoms with Gasteiger partial charge in [0.1, 0.15) is 0 Å². The maximum absolute atomic E-state index is 13.9. The summed E-state index contributed by atoms with van der Waals surface area (Å²) >= 11 is 0. The number of hydrogen-bond acceptors (Lipinski definition) is 8. The van der Waals surface area contributed by atoms with E-state index in [1.54, 1.807) is 15.9 Å². The Morgan fingerprint density at radius 2 is 1.97 bits per heavy atom. The molecule has 5 heterocycles. The van der Waals surface area contributed by atoms with Crippen molar-refractivity contribution in [3.05, 3.63) is 23.8 Å². The summed E-state index contributed by atoms with van der Waals surface area (Å²) in [5, 5.41) is 10.2. The van der Waals surface area contributed by atoms with Crippen LogP contribution in [0.4, 0.5) is 0 Å². The Balaban J connectivity index is 1.72. The van der Waals surface area contributed by atoms with E-state index < -0.39 is 21.2 Å². The Bertz CT molecular complexity index is 984. The maximum atomic E-state index is 13.9. The Morgan fingerprint density at radius 1 is 1.21 bits per heavy atom. The molecule has 0 radical (unpaired) electrons. The average molecular weight is 450 g/mol. The molecule has 6 rings (SSSR count). The van der Waals surface area contributed by atoms with Crippen LogP contribution in [0, 0.1) is 16.7 Å². The molecule has 0 aliphatic carbocycles. The minimum absolute atomic E-state index is 0.0886. The Morgan fingerprint density at radius 3 is 2.69 bits per heavy atom. The maximum Gasteiger partial charge on any atom is 0.261 e. The monoisotopic (exact) mass is 449 g/mol. The first-order chi connectivity index (χ1) is 13.8. The number of ether oxygens (including phenoxy) is 2. The zero-order chi connectivity index (χ0) is 20.6. The average Bonchev–Trinajstić information content (AvgIpc) is 3.22. The molecule has 1 aromatic rings. The van der Waals surface area contributed by atoms with Gasteiger partial charge in [-0.1, -0.05) is 6.07 Å². The van der Waals surface area contributed by atoms with Crippen LogP contribution < -0.4 is 9.47 Å². The summed E-state index contributed by atoms with van der Waals surface area (Å²) in [6.07, 6.45) is 0.283. The number of hydrogen-bond donors (Lipinski definition) is 0. The normalized spacial score (nSPS) is 37.5. The lowest BCUT2D eigenvalue weighted by Gasteiger charge is -2.50. The number of likely N-dealkylation sites (N-methyl/N-ethyl adjacent to an activating group) is 1. The molecular weight excluding hydrogens is 430 g/mol. The molecule has 5 aliphatic heterocycles. The Hall–Kier alpha value is -1.70. The van der Waals surface area contributed by atoms with Crippen molar-refractivity contribution in [2.45, 2.75) is 43.0 Å². The number of piperazine rings is 1. The molecule has 4 atom stereocenters. The highest BCUT2D eigenvalue weighted by Crippen LogP contribution is 2.69. The molecule has 2 amide bonds. The zero-order valence-electron chi connectivity index (χ0n) is 16.1. The van der Waals surface area contributed by atoms with Crippen molar-refractivity contribution in [1.29, 1.82) is 5.26 Å². The van der Waals surface area contributed by atoms with E-state index in [0.717, 1.165) is 5.56 Å². The van der Waals surface area contributed by atoms with Gasteiger partial charge in [-0.2, -0.15) is 5.26 Å². The molecule has 4 fully saturated rings. The molecule has 5 aliphatic rings. The van der Waals surface area contributed by atoms with Crippen LogP contribution in [0.25, 0.3) is 0 Å². The van der Waals surface area contributed by atoms with Crippen LogP contribution >= 0.6 is 31.4 Å². The van der Waals surface area contributed by atoms with Gasteiger partial charge in [0.2, 0.25) is 6.79 Å². The molecule has 10 heteroatoms. The molecule has 7 nitrogen and oxygen atoms in total. The van der Waals surface area contributed by atoms with Crippen molar-refractivity contribution in [2.24, 2.45) is 5.41 Å². The van der Waals surface area contributed by atoms with E-state index in [-0.39, 0.29) is 25.0 Å². The SMILES string of the molecule is CCN1C(=O)[C@@]23C[C@](C)(C#N)[C@H](c4ccc5c(c4)OCO5)N2C(=O)[C@]1(C)SSS3. The van der Waals surface area contributed by atoms with Gasteiger partial charge in [-0.25, -0.2) is 0 Å². The summed E-state index contributed by atoms with van der Waals surface area (Å²) in [7, 11) is 4.29. The van der Waals surface area contributed by atoms with Gasteiger partial charge in [-0.05, 0) is 69.9 Å². The van der Waals surface area contributed by atoms with Gasteiger partial charge in [0.15, 0.2) is 21.2 Å². The number of amides is 2. The van der Waals surface area contributed by atoms with Gasteiger partial charge in [0, 0.05) is 13.0 Å². The van der Waals surface area contributed by atoms with E-state index in [1.807, 2.05) is 32.9 Å². The molecule has 0 unspecified atom stereocenters. The topological polar surface area (TPSA) is 82.9 Å². The number of nitrogens with zero attached hydrogens (tertiary/aromatic N) is 3. The van der Waals surface area contributed by atoms with E-state index in [4.69, 9.17) is 9.47 Å². The molecular formula is C19H19N3O4S3. The summed E-state index contributed by atoms with van der Waals surface area (Å²) < 4.78 is 10.9. The van der Waals surface area contributed by atoms with Crippen molar-refractivity contribution in [3.8, 4) is 17.6 Å². The van der Waals surface area contributed by atoms with E-state index in [2.05, 4.69) is 6.07 Å². The summed E-state index contributed by atoms with van der Waals surface area (Å²) in [6.45, 7) is 6.14. The van der Waals surface area contributed by atoms with Crippen molar-refractivity contribution < 1.29 is 19.1 Å². The number of rotatable bonds is 2. The molecule has 0 saturated carbocycles. The van der Waals surface area contributed by atoms with Crippen molar-refractivity contribution in [3.63, 3.8) is 0 Å². The van der Waals surface area contributed by atoms with Gasteiger partial charge in [-0.3, -0.25) is 9.59 Å². The van der Waals surface area contributed by atoms with E-state index in [9.17, 15) is 14.9 Å². The third-order valence-electron chi connectivity index (χ3n) is 6.22. The molecule has 0 N–H and O–H groups in total. The van der Waals surface area contributed by atoms with Gasteiger partial charge in [0.05, 0.1) is 17.5 Å². The number of fused-ring (bicyclic) bond motifs is 4. The first-order valence-electron chi connectivity index (χ1n) is 9.31. The standard InChI is InChI=1S/C19H19N3O4S3/c1-4-21-16(24)19-8-17(2,9-20)14(11-5-6-12-13(7-11)26-10-25-12)22(19)15(23)18(21,3)27-29-28-19/h5-7,14H,4,8,10H2,1-3H3/t14-,17+,18-,19-/m0/s1. The fourth-order valence-electron chi connectivity index (χ4n) is 4.85. The van der Waals surface area contributed by atoms with Crippen LogP contribution in [0.2, 0.25) is 0 Å². The second-order valence-corrected chi connectivity index (χ2v) is 12.5. The molecule has 29 heavy (non-hydrogen) atoms. The third-order valence-corrected chi connectivity index (χ3v) is 11.3. The van der Waals surface area contributed by atoms with E-state index in [1.165, 1.54) is 31.4 Å². The van der Waals surface area contributed by atoms with Crippen LogP contribution in [0.1, 0.15) is 38.8 Å². The number of benzene rings is 1. The lowest BCUT2D eigenvalue weighted by atomic mass is 9.79. The third kappa shape index (κ3) is 2.29. The predicted octanol–water partition coefficient (Wildman–Crippen LogP) is 3.54. The fourth-order valence-corrected chi connectivity index (χ4v) is 10.9. The molecule has 0 aromatic heterocycles. The van der Waals surface area contributed by atoms with Gasteiger partial charge < -0.3 is 19.3 Å². The lowest BCUT2D eigenvalue weighted by molar-refractivity contribution is -0.165. The molecule has 2 bridgehead atoms. The molecule has 152 valence electrons. The zero-order valence-corrected chi connectivity index (χ0v) is 18.6. The minimum atomic E-state index is -1.09. The fraction of sp³-hybridized carbons (Fsp3) is 0.526. The smallest absolute Gasteiger partial charge is 0.261 e. The Kier molecular flexibility index (Phi) is 4.09. The summed E-state index contributed by atoms with van der Waals surface area (Å²) in [5.41, 5.74) is -0.134. The molecule has 1 aromatic carbocycles. The summed E-state index contributed by atoms with van der Waals surface area (Å²) in [6, 6.07) is 7.39. The van der Waals surface area contributed by atoms with Gasteiger partial charge in [0.25, 0.3) is 11.8 Å². The Labute approximate surface area is 180 Å². The number of carbonyl (C=O) groups excluding carboxylic acids is 2. The first kappa shape index (κ1) is 19.3. The summed E-state index contributed by atoms with van der Waals surface area (Å²) in [5.74, 6) is 1.03. The van der Waals surface area contributed by atoms with Crippen LogP contribution in [0.5, 0.6) is 11.5 Å². The van der Waals surface area contributed by atoms with Crippen LogP contribution in [-0.4, -0.2) is 44.7 Å². The minimum Gasteiger partial charge on any atom is -0.454 e. The van der Waals surface area contributed by atoms with Crippen LogP contribution in [-0.2, 0) is 9.59 Å². The molecule has 4 saturated heterocycles.